The Balaban J connectivity index is 2.76. The van der Waals surface area contributed by atoms with E-state index in [9.17, 15) is 4.79 Å². The molecule has 2 nitrogen and oxygen atoms in total. The van der Waals surface area contributed by atoms with Crippen LogP contribution in [0.1, 0.15) is 50.0 Å². The minimum atomic E-state index is -0.0401. The molecule has 2 atom stereocenters. The van der Waals surface area contributed by atoms with E-state index >= 15 is 0 Å². The molecule has 0 saturated carbocycles. The molecular weight excluding hydrogens is 234 g/mol. The van der Waals surface area contributed by atoms with Crippen LogP contribution in [0.15, 0.2) is 24.3 Å². The second-order valence-corrected chi connectivity index (χ2v) is 5.51. The number of likely N-dealkylation sites (N-methyl/N-ethyl adjacent to an activating group) is 1. The second kappa shape index (κ2) is 7.44. The number of carbonyl (C=O) groups excluding carboxylic acids is 1. The SMILES string of the molecule is CCC(C)CN(CC)C(C)C(=O)c1ccc(C)cc1. The molecule has 0 aliphatic carbocycles. The molecule has 0 radical (unpaired) electrons. The maximum atomic E-state index is 12.5. The highest BCUT2D eigenvalue weighted by molar-refractivity contribution is 5.99. The summed E-state index contributed by atoms with van der Waals surface area (Å²) in [6.45, 7) is 12.5. The normalized spacial score (nSPS) is 14.4. The number of hydrogen-bond donors (Lipinski definition) is 0. The first-order chi connectivity index (χ1) is 8.99. The zero-order valence-corrected chi connectivity index (χ0v) is 12.9. The van der Waals surface area contributed by atoms with E-state index in [2.05, 4.69) is 25.7 Å². The van der Waals surface area contributed by atoms with Gasteiger partial charge in [-0.2, -0.15) is 0 Å². The monoisotopic (exact) mass is 261 g/mol. The maximum Gasteiger partial charge on any atom is 0.179 e. The van der Waals surface area contributed by atoms with Gasteiger partial charge in [-0.3, -0.25) is 9.69 Å². The van der Waals surface area contributed by atoms with E-state index in [-0.39, 0.29) is 11.8 Å². The van der Waals surface area contributed by atoms with E-state index in [0.29, 0.717) is 5.92 Å². The number of benzene rings is 1. The molecule has 0 bridgehead atoms. The van der Waals surface area contributed by atoms with Gasteiger partial charge < -0.3 is 0 Å². The van der Waals surface area contributed by atoms with Crippen molar-refractivity contribution in [2.45, 2.75) is 47.1 Å². The molecule has 2 unspecified atom stereocenters. The lowest BCUT2D eigenvalue weighted by Gasteiger charge is -2.29. The van der Waals surface area contributed by atoms with Gasteiger partial charge in [-0.25, -0.2) is 0 Å². The maximum absolute atomic E-state index is 12.5. The summed E-state index contributed by atoms with van der Waals surface area (Å²) in [7, 11) is 0. The molecule has 1 aromatic rings. The molecule has 2 heteroatoms. The van der Waals surface area contributed by atoms with Gasteiger partial charge in [-0.1, -0.05) is 57.0 Å². The van der Waals surface area contributed by atoms with Crippen molar-refractivity contribution in [3.05, 3.63) is 35.4 Å². The third-order valence-electron chi connectivity index (χ3n) is 3.91. The van der Waals surface area contributed by atoms with Crippen LogP contribution >= 0.6 is 0 Å². The number of ketones is 1. The predicted molar refractivity (Wildman–Crippen MR) is 81.7 cm³/mol. The first-order valence-corrected chi connectivity index (χ1v) is 7.34. The van der Waals surface area contributed by atoms with Crippen LogP contribution in [0.3, 0.4) is 0 Å². The average Bonchev–Trinajstić information content (AvgIpc) is 2.43. The number of nitrogens with zero attached hydrogens (tertiary/aromatic N) is 1. The second-order valence-electron chi connectivity index (χ2n) is 5.51. The topological polar surface area (TPSA) is 20.3 Å². The van der Waals surface area contributed by atoms with Crippen LogP contribution in [0, 0.1) is 12.8 Å². The Kier molecular flexibility index (Phi) is 6.23. The van der Waals surface area contributed by atoms with Crippen LogP contribution in [-0.2, 0) is 0 Å². The van der Waals surface area contributed by atoms with Crippen LogP contribution in [0.4, 0.5) is 0 Å². The molecule has 0 spiro atoms. The fraction of sp³-hybridized carbons (Fsp3) is 0.588. The minimum absolute atomic E-state index is 0.0401. The summed E-state index contributed by atoms with van der Waals surface area (Å²) >= 11 is 0. The summed E-state index contributed by atoms with van der Waals surface area (Å²) in [5.41, 5.74) is 2.01. The first-order valence-electron chi connectivity index (χ1n) is 7.34. The van der Waals surface area contributed by atoms with Crippen molar-refractivity contribution in [3.63, 3.8) is 0 Å². The molecule has 1 aromatic carbocycles. The van der Waals surface area contributed by atoms with Crippen molar-refractivity contribution >= 4 is 5.78 Å². The largest absolute Gasteiger partial charge is 0.294 e. The minimum Gasteiger partial charge on any atom is -0.294 e. The van der Waals surface area contributed by atoms with Crippen LogP contribution in [0.2, 0.25) is 0 Å². The van der Waals surface area contributed by atoms with Crippen LogP contribution in [0.25, 0.3) is 0 Å². The molecule has 0 N–H and O–H groups in total. The molecule has 0 saturated heterocycles. The molecule has 0 heterocycles. The lowest BCUT2D eigenvalue weighted by molar-refractivity contribution is 0.0825. The molecule has 0 fully saturated rings. The van der Waals surface area contributed by atoms with Gasteiger partial charge >= 0.3 is 0 Å². The summed E-state index contributed by atoms with van der Waals surface area (Å²) in [6.07, 6.45) is 1.15. The molecule has 0 aliphatic rings. The standard InChI is InChI=1S/C17H27NO/c1-6-13(3)12-18(7-2)15(5)17(19)16-10-8-14(4)9-11-16/h8-11,13,15H,6-7,12H2,1-5H3. The van der Waals surface area contributed by atoms with Gasteiger partial charge in [0, 0.05) is 12.1 Å². The van der Waals surface area contributed by atoms with Crippen molar-refractivity contribution in [1.82, 2.24) is 4.90 Å². The van der Waals surface area contributed by atoms with E-state index in [0.717, 1.165) is 25.1 Å². The van der Waals surface area contributed by atoms with E-state index in [1.54, 1.807) is 0 Å². The molecular formula is C17H27NO. The van der Waals surface area contributed by atoms with Crippen LogP contribution in [-0.4, -0.2) is 29.8 Å². The van der Waals surface area contributed by atoms with E-state index in [1.165, 1.54) is 5.56 Å². The Labute approximate surface area is 117 Å². The highest BCUT2D eigenvalue weighted by Gasteiger charge is 2.22. The highest BCUT2D eigenvalue weighted by Crippen LogP contribution is 2.13. The fourth-order valence-electron chi connectivity index (χ4n) is 2.22. The lowest BCUT2D eigenvalue weighted by Crippen LogP contribution is -2.41. The van der Waals surface area contributed by atoms with Gasteiger partial charge in [-0.05, 0) is 26.3 Å². The summed E-state index contributed by atoms with van der Waals surface area (Å²) in [5, 5.41) is 0. The van der Waals surface area contributed by atoms with Crippen LogP contribution < -0.4 is 0 Å². The number of Topliss-reactive ketones (excluding diaryl/α,β-unsaturated/α-hetero) is 1. The fourth-order valence-corrected chi connectivity index (χ4v) is 2.22. The summed E-state index contributed by atoms with van der Waals surface area (Å²) < 4.78 is 0. The molecule has 19 heavy (non-hydrogen) atoms. The smallest absolute Gasteiger partial charge is 0.179 e. The van der Waals surface area contributed by atoms with Gasteiger partial charge in [0.25, 0.3) is 0 Å². The highest BCUT2D eigenvalue weighted by atomic mass is 16.1. The lowest BCUT2D eigenvalue weighted by atomic mass is 10.0. The first kappa shape index (κ1) is 15.9. The van der Waals surface area contributed by atoms with Crippen LogP contribution in [0.5, 0.6) is 0 Å². The van der Waals surface area contributed by atoms with Crippen molar-refractivity contribution in [2.75, 3.05) is 13.1 Å². The zero-order valence-electron chi connectivity index (χ0n) is 12.9. The van der Waals surface area contributed by atoms with E-state index in [4.69, 9.17) is 0 Å². The van der Waals surface area contributed by atoms with Gasteiger partial charge in [-0.15, -0.1) is 0 Å². The Morgan fingerprint density at radius 1 is 1.16 bits per heavy atom. The molecule has 0 amide bonds. The Morgan fingerprint density at radius 3 is 2.21 bits per heavy atom. The van der Waals surface area contributed by atoms with E-state index in [1.807, 2.05) is 38.1 Å². The third kappa shape index (κ3) is 4.46. The van der Waals surface area contributed by atoms with E-state index < -0.39 is 0 Å². The van der Waals surface area contributed by atoms with Crippen molar-refractivity contribution in [1.29, 1.82) is 0 Å². The van der Waals surface area contributed by atoms with Crippen molar-refractivity contribution in [3.8, 4) is 0 Å². The summed E-state index contributed by atoms with van der Waals surface area (Å²) in [6, 6.07) is 7.84. The molecule has 0 aromatic heterocycles. The number of rotatable bonds is 7. The summed E-state index contributed by atoms with van der Waals surface area (Å²) in [5.74, 6) is 0.860. The zero-order chi connectivity index (χ0) is 14.4. The number of hydrogen-bond acceptors (Lipinski definition) is 2. The van der Waals surface area contributed by atoms with Crippen molar-refractivity contribution < 1.29 is 4.79 Å². The molecule has 1 rings (SSSR count). The quantitative estimate of drug-likeness (QED) is 0.693. The average molecular weight is 261 g/mol. The molecule has 0 aliphatic heterocycles. The predicted octanol–water partition coefficient (Wildman–Crippen LogP) is 3.93. The Hall–Kier alpha value is -1.15. The third-order valence-corrected chi connectivity index (χ3v) is 3.91. The van der Waals surface area contributed by atoms with Gasteiger partial charge in [0.15, 0.2) is 5.78 Å². The molecule has 106 valence electrons. The van der Waals surface area contributed by atoms with Gasteiger partial charge in [0.1, 0.15) is 0 Å². The van der Waals surface area contributed by atoms with Crippen molar-refractivity contribution in [2.24, 2.45) is 5.92 Å². The number of carbonyl (C=O) groups is 1. The summed E-state index contributed by atoms with van der Waals surface area (Å²) in [4.78, 5) is 14.8. The van der Waals surface area contributed by atoms with Gasteiger partial charge in [0.05, 0.1) is 6.04 Å². The Morgan fingerprint density at radius 2 is 1.74 bits per heavy atom. The Bertz CT molecular complexity index is 396. The van der Waals surface area contributed by atoms with Gasteiger partial charge in [0.2, 0.25) is 0 Å². The number of aryl methyl sites for hydroxylation is 1.